The molecule has 1 aromatic carbocycles. The van der Waals surface area contributed by atoms with Crippen LogP contribution in [0.25, 0.3) is 11.3 Å². The maximum Gasteiger partial charge on any atom is 0.435 e. The first-order valence-corrected chi connectivity index (χ1v) is 7.47. The van der Waals surface area contributed by atoms with E-state index in [1.54, 1.807) is 24.3 Å². The Bertz CT molecular complexity index is 921. The lowest BCUT2D eigenvalue weighted by Gasteiger charge is -2.12. The van der Waals surface area contributed by atoms with E-state index in [9.17, 15) is 18.0 Å². The van der Waals surface area contributed by atoms with Gasteiger partial charge in [0.25, 0.3) is 0 Å². The van der Waals surface area contributed by atoms with Gasteiger partial charge in [0.05, 0.1) is 13.7 Å². The van der Waals surface area contributed by atoms with Crippen molar-refractivity contribution in [1.29, 1.82) is 0 Å². The number of pyridine rings is 1. The predicted molar refractivity (Wildman–Crippen MR) is 85.7 cm³/mol. The van der Waals surface area contributed by atoms with Crippen LogP contribution in [0.5, 0.6) is 5.75 Å². The molecular formula is C17H13F3N4O2. The summed E-state index contributed by atoms with van der Waals surface area (Å²) in [5, 5.41) is 7.34. The van der Waals surface area contributed by atoms with Crippen LogP contribution in [0.4, 0.5) is 13.2 Å². The van der Waals surface area contributed by atoms with Crippen LogP contribution in [0.2, 0.25) is 0 Å². The van der Waals surface area contributed by atoms with Crippen LogP contribution in [0.15, 0.2) is 42.6 Å². The van der Waals surface area contributed by atoms with Gasteiger partial charge in [0.2, 0.25) is 0 Å². The number of carbonyl (C=O) groups is 1. The Labute approximate surface area is 146 Å². The molecule has 0 aliphatic carbocycles. The van der Waals surface area contributed by atoms with Gasteiger partial charge in [-0.3, -0.25) is 9.78 Å². The number of aromatic nitrogens is 4. The maximum atomic E-state index is 13.6. The minimum absolute atomic E-state index is 0.0142. The van der Waals surface area contributed by atoms with Crippen LogP contribution in [-0.2, 0) is 12.7 Å². The molecule has 0 N–H and O–H groups in total. The van der Waals surface area contributed by atoms with E-state index in [0.29, 0.717) is 17.6 Å². The fourth-order valence-electron chi connectivity index (χ4n) is 2.46. The summed E-state index contributed by atoms with van der Waals surface area (Å²) in [6.45, 7) is -0.114. The van der Waals surface area contributed by atoms with Gasteiger partial charge < -0.3 is 4.74 Å². The van der Waals surface area contributed by atoms with Crippen molar-refractivity contribution >= 4 is 6.29 Å². The third-order valence-electron chi connectivity index (χ3n) is 3.67. The highest BCUT2D eigenvalue weighted by Gasteiger charge is 2.39. The first-order valence-electron chi connectivity index (χ1n) is 7.47. The van der Waals surface area contributed by atoms with Crippen LogP contribution < -0.4 is 4.74 Å². The third kappa shape index (κ3) is 3.56. The van der Waals surface area contributed by atoms with Gasteiger partial charge in [0.1, 0.15) is 17.1 Å². The van der Waals surface area contributed by atoms with Crippen molar-refractivity contribution < 1.29 is 22.7 Å². The van der Waals surface area contributed by atoms with E-state index in [4.69, 9.17) is 4.74 Å². The van der Waals surface area contributed by atoms with Crippen molar-refractivity contribution in [2.45, 2.75) is 12.7 Å². The average molecular weight is 362 g/mol. The van der Waals surface area contributed by atoms with E-state index in [2.05, 4.69) is 15.3 Å². The second-order valence-electron chi connectivity index (χ2n) is 5.38. The summed E-state index contributed by atoms with van der Waals surface area (Å²) in [4.78, 5) is 14.6. The van der Waals surface area contributed by atoms with Crippen molar-refractivity contribution in [1.82, 2.24) is 20.0 Å². The third-order valence-corrected chi connectivity index (χ3v) is 3.67. The Kier molecular flexibility index (Phi) is 4.70. The topological polar surface area (TPSA) is 69.9 Å². The summed E-state index contributed by atoms with van der Waals surface area (Å²) in [5.41, 5.74) is -0.598. The van der Waals surface area contributed by atoms with Crippen molar-refractivity contribution in [3.8, 4) is 17.0 Å². The molecule has 2 heterocycles. The Balaban J connectivity index is 2.03. The predicted octanol–water partition coefficient (Wildman–Crippen LogP) is 3.23. The van der Waals surface area contributed by atoms with Gasteiger partial charge in [0, 0.05) is 11.8 Å². The lowest BCUT2D eigenvalue weighted by Crippen LogP contribution is -2.16. The van der Waals surface area contributed by atoms with E-state index >= 15 is 0 Å². The van der Waals surface area contributed by atoms with E-state index in [0.717, 1.165) is 4.68 Å². The Morgan fingerprint density at radius 1 is 1.19 bits per heavy atom. The fourth-order valence-corrected chi connectivity index (χ4v) is 2.46. The van der Waals surface area contributed by atoms with Crippen LogP contribution in [-0.4, -0.2) is 33.4 Å². The second-order valence-corrected chi connectivity index (χ2v) is 5.38. The van der Waals surface area contributed by atoms with Crippen LogP contribution in [0.1, 0.15) is 21.7 Å². The highest BCUT2D eigenvalue weighted by molar-refractivity contribution is 5.75. The average Bonchev–Trinajstić information content (AvgIpc) is 3.06. The van der Waals surface area contributed by atoms with Gasteiger partial charge in [-0.25, -0.2) is 4.68 Å². The van der Waals surface area contributed by atoms with Gasteiger partial charge in [-0.1, -0.05) is 17.3 Å². The normalized spacial score (nSPS) is 11.4. The molecule has 0 radical (unpaired) electrons. The number of halogens is 3. The van der Waals surface area contributed by atoms with Gasteiger partial charge in [-0.05, 0) is 29.8 Å². The number of methoxy groups -OCH3 is 1. The summed E-state index contributed by atoms with van der Waals surface area (Å²) in [6, 6.07) is 9.20. The first kappa shape index (κ1) is 17.6. The number of hydrogen-bond donors (Lipinski definition) is 0. The fraction of sp³-hybridized carbons (Fsp3) is 0.176. The summed E-state index contributed by atoms with van der Waals surface area (Å²) < 4.78 is 46.7. The maximum absolute atomic E-state index is 13.6. The second kappa shape index (κ2) is 6.95. The molecule has 0 spiro atoms. The summed E-state index contributed by atoms with van der Waals surface area (Å²) in [5.74, 6) is 0.599. The molecular weight excluding hydrogens is 349 g/mol. The number of hydrogen-bond acceptors (Lipinski definition) is 5. The number of rotatable bonds is 5. The van der Waals surface area contributed by atoms with E-state index in [1.165, 1.54) is 25.4 Å². The number of ether oxygens (including phenoxy) is 1. The molecule has 0 fully saturated rings. The minimum atomic E-state index is -4.67. The van der Waals surface area contributed by atoms with Gasteiger partial charge in [-0.15, -0.1) is 5.10 Å². The Hall–Kier alpha value is -3.23. The monoisotopic (exact) mass is 362 g/mol. The molecule has 0 saturated heterocycles. The zero-order valence-electron chi connectivity index (χ0n) is 13.6. The highest BCUT2D eigenvalue weighted by Crippen LogP contribution is 2.36. The number of aldehydes is 1. The lowest BCUT2D eigenvalue weighted by molar-refractivity contribution is -0.143. The molecule has 0 aliphatic heterocycles. The highest BCUT2D eigenvalue weighted by atomic mass is 19.4. The Morgan fingerprint density at radius 2 is 1.92 bits per heavy atom. The van der Waals surface area contributed by atoms with Crippen molar-refractivity contribution in [2.75, 3.05) is 7.11 Å². The quantitative estimate of drug-likeness (QED) is 0.652. The first-order chi connectivity index (χ1) is 12.4. The molecule has 0 atom stereocenters. The number of nitrogens with zero attached hydrogens (tertiary/aromatic N) is 4. The molecule has 2 aromatic heterocycles. The van der Waals surface area contributed by atoms with E-state index in [-0.39, 0.29) is 23.5 Å². The molecule has 0 amide bonds. The lowest BCUT2D eigenvalue weighted by atomic mass is 10.1. The smallest absolute Gasteiger partial charge is 0.435 e. The molecule has 9 heteroatoms. The van der Waals surface area contributed by atoms with E-state index in [1.807, 2.05) is 0 Å². The molecule has 6 nitrogen and oxygen atoms in total. The van der Waals surface area contributed by atoms with Crippen LogP contribution in [0, 0.1) is 0 Å². The van der Waals surface area contributed by atoms with Crippen LogP contribution in [0.3, 0.4) is 0 Å². The SMILES string of the molecule is COc1ccc(Cn2nnc(-c3ccnc(C=O)c3)c2C(F)(F)F)cc1. The zero-order chi connectivity index (χ0) is 18.7. The standard InChI is InChI=1S/C17H13F3N4O2/c1-26-14-4-2-11(3-5-14)9-24-16(17(18,19)20)15(22-23-24)12-6-7-21-13(8-12)10-25/h2-8,10H,9H2,1H3. The van der Waals surface area contributed by atoms with Crippen LogP contribution >= 0.6 is 0 Å². The molecule has 0 unspecified atom stereocenters. The molecule has 3 aromatic rings. The molecule has 0 saturated carbocycles. The van der Waals surface area contributed by atoms with Gasteiger partial charge in [-0.2, -0.15) is 13.2 Å². The number of benzene rings is 1. The number of alkyl halides is 3. The van der Waals surface area contributed by atoms with Crippen molar-refractivity contribution in [3.05, 3.63) is 59.5 Å². The van der Waals surface area contributed by atoms with Gasteiger partial charge in [0.15, 0.2) is 12.0 Å². The zero-order valence-corrected chi connectivity index (χ0v) is 13.6. The number of carbonyl (C=O) groups excluding carboxylic acids is 1. The summed E-state index contributed by atoms with van der Waals surface area (Å²) in [7, 11) is 1.50. The van der Waals surface area contributed by atoms with Gasteiger partial charge >= 0.3 is 6.18 Å². The summed E-state index contributed by atoms with van der Waals surface area (Å²) >= 11 is 0. The molecule has 134 valence electrons. The molecule has 26 heavy (non-hydrogen) atoms. The minimum Gasteiger partial charge on any atom is -0.497 e. The largest absolute Gasteiger partial charge is 0.497 e. The molecule has 0 aliphatic rings. The Morgan fingerprint density at radius 3 is 2.54 bits per heavy atom. The van der Waals surface area contributed by atoms with Crippen molar-refractivity contribution in [2.24, 2.45) is 0 Å². The molecule has 0 bridgehead atoms. The molecule has 3 rings (SSSR count). The summed E-state index contributed by atoms with van der Waals surface area (Å²) in [6.07, 6.45) is -2.96. The van der Waals surface area contributed by atoms with E-state index < -0.39 is 11.9 Å². The van der Waals surface area contributed by atoms with Crippen molar-refractivity contribution in [3.63, 3.8) is 0 Å².